The zero-order chi connectivity index (χ0) is 59.2. The van der Waals surface area contributed by atoms with Gasteiger partial charge in [-0.2, -0.15) is 26.3 Å². The molecule has 6 aromatic rings. The Balaban J connectivity index is 0.000000178. The summed E-state index contributed by atoms with van der Waals surface area (Å²) in [6, 6.07) is 26.9. The van der Waals surface area contributed by atoms with Crippen LogP contribution in [0, 0.1) is 0 Å². The van der Waals surface area contributed by atoms with E-state index in [1.54, 1.807) is 30.7 Å². The van der Waals surface area contributed by atoms with E-state index in [2.05, 4.69) is 92.7 Å². The SMILES string of the molecule is CC(C)(C)c1ccc(NC(=O)N2CCN(c3ncccc3Cl)CC2)cc1.CCCCc1ccc(NC(=O)N2CCN(c3ncccc3Cl)CC2)cc1.O=C(Nc1cc(C(F)(F)F)cc(C(F)(F)F)c1)N1CCN(c2ncccc2Cl)CC1. The fourth-order valence-electron chi connectivity index (χ4n) is 9.02. The van der Waals surface area contributed by atoms with Crippen molar-refractivity contribution in [2.75, 3.05) is 109 Å². The Bertz CT molecular complexity index is 3040. The quantitative estimate of drug-likeness (QED) is 0.120. The van der Waals surface area contributed by atoms with E-state index >= 15 is 0 Å². The molecule has 0 atom stereocenters. The molecule has 0 bridgehead atoms. The summed E-state index contributed by atoms with van der Waals surface area (Å²) < 4.78 is 77.7. The molecule has 438 valence electrons. The van der Waals surface area contributed by atoms with Gasteiger partial charge in [0.05, 0.1) is 26.2 Å². The minimum atomic E-state index is -4.99. The lowest BCUT2D eigenvalue weighted by Crippen LogP contribution is -2.50. The molecule has 0 unspecified atom stereocenters. The number of hydrogen-bond donors (Lipinski definition) is 3. The number of carbonyl (C=O) groups excluding carboxylic acids is 3. The maximum absolute atomic E-state index is 13.0. The molecule has 82 heavy (non-hydrogen) atoms. The summed E-state index contributed by atoms with van der Waals surface area (Å²) in [6.45, 7) is 15.2. The second kappa shape index (κ2) is 28.2. The van der Waals surface area contributed by atoms with Crippen LogP contribution in [-0.2, 0) is 24.2 Å². The van der Waals surface area contributed by atoms with Crippen molar-refractivity contribution in [3.05, 3.63) is 159 Å². The molecule has 6 amide bonds. The molecule has 9 rings (SSSR count). The summed E-state index contributed by atoms with van der Waals surface area (Å²) in [5.74, 6) is 2.11. The molecule has 6 heterocycles. The maximum Gasteiger partial charge on any atom is 0.416 e. The number of rotatable bonds is 9. The van der Waals surface area contributed by atoms with Gasteiger partial charge in [0.2, 0.25) is 0 Å². The summed E-state index contributed by atoms with van der Waals surface area (Å²) in [4.78, 5) is 61.3. The predicted octanol–water partition coefficient (Wildman–Crippen LogP) is 13.9. The molecule has 3 aliphatic rings. The fourth-order valence-corrected chi connectivity index (χ4v) is 9.74. The number of pyridine rings is 3. The third kappa shape index (κ3) is 17.6. The number of piperazine rings is 3. The van der Waals surface area contributed by atoms with Crippen LogP contribution in [0.4, 0.5) is 75.2 Å². The van der Waals surface area contributed by atoms with E-state index in [-0.39, 0.29) is 36.6 Å². The van der Waals surface area contributed by atoms with Crippen molar-refractivity contribution in [3.8, 4) is 0 Å². The third-order valence-corrected chi connectivity index (χ3v) is 14.6. The van der Waals surface area contributed by atoms with Gasteiger partial charge in [0.25, 0.3) is 0 Å². The van der Waals surface area contributed by atoms with Crippen molar-refractivity contribution in [1.82, 2.24) is 29.7 Å². The number of anilines is 6. The molecule has 3 fully saturated rings. The number of unbranched alkanes of at least 4 members (excludes halogenated alkanes) is 1. The highest BCUT2D eigenvalue weighted by Crippen LogP contribution is 2.38. The Morgan fingerprint density at radius 2 is 0.793 bits per heavy atom. The predicted molar refractivity (Wildman–Crippen MR) is 313 cm³/mol. The second-order valence-corrected chi connectivity index (χ2v) is 21.8. The average Bonchev–Trinajstić information content (AvgIpc) is 3.55. The molecule has 24 heteroatoms. The van der Waals surface area contributed by atoms with E-state index in [1.165, 1.54) is 28.9 Å². The number of carbonyl (C=O) groups is 3. The maximum atomic E-state index is 13.0. The molecular weight excluding hydrogens is 1130 g/mol. The lowest BCUT2D eigenvalue weighted by molar-refractivity contribution is -0.143. The molecule has 0 saturated carbocycles. The molecule has 3 aliphatic heterocycles. The Morgan fingerprint density at radius 3 is 1.10 bits per heavy atom. The van der Waals surface area contributed by atoms with Crippen molar-refractivity contribution in [1.29, 1.82) is 0 Å². The van der Waals surface area contributed by atoms with Crippen molar-refractivity contribution >= 4 is 87.4 Å². The first-order chi connectivity index (χ1) is 39.0. The Labute approximate surface area is 488 Å². The average molecular weight is 1200 g/mol. The number of aromatic nitrogens is 3. The fraction of sp³-hybridized carbons (Fsp3) is 0.379. The lowest BCUT2D eigenvalue weighted by atomic mass is 9.87. The first-order valence-corrected chi connectivity index (χ1v) is 27.8. The summed E-state index contributed by atoms with van der Waals surface area (Å²) in [7, 11) is 0. The minimum absolute atomic E-state index is 0.00499. The van der Waals surface area contributed by atoms with Crippen LogP contribution in [0.5, 0.6) is 0 Å². The molecular formula is C58H65Cl3F6N12O3. The first-order valence-electron chi connectivity index (χ1n) is 26.7. The zero-order valence-electron chi connectivity index (χ0n) is 45.8. The molecule has 0 radical (unpaired) electrons. The van der Waals surface area contributed by atoms with Gasteiger partial charge in [-0.05, 0) is 108 Å². The van der Waals surface area contributed by atoms with Gasteiger partial charge < -0.3 is 45.3 Å². The number of hydrogen-bond acceptors (Lipinski definition) is 9. The van der Waals surface area contributed by atoms with Gasteiger partial charge >= 0.3 is 30.4 Å². The number of urea groups is 3. The Morgan fingerprint density at radius 1 is 0.463 bits per heavy atom. The van der Waals surface area contributed by atoms with Crippen LogP contribution in [0.15, 0.2) is 122 Å². The highest BCUT2D eigenvalue weighted by molar-refractivity contribution is 6.33. The lowest BCUT2D eigenvalue weighted by Gasteiger charge is -2.35. The van der Waals surface area contributed by atoms with E-state index in [0.29, 0.717) is 85.4 Å². The first kappa shape index (κ1) is 62.4. The van der Waals surface area contributed by atoms with E-state index < -0.39 is 35.2 Å². The van der Waals surface area contributed by atoms with Crippen LogP contribution in [0.3, 0.4) is 0 Å². The Kier molecular flexibility index (Phi) is 21.4. The van der Waals surface area contributed by atoms with Crippen LogP contribution >= 0.6 is 34.8 Å². The Hall–Kier alpha value is -7.23. The van der Waals surface area contributed by atoms with Gasteiger partial charge in [-0.1, -0.05) is 93.2 Å². The minimum Gasteiger partial charge on any atom is -0.352 e. The van der Waals surface area contributed by atoms with Crippen molar-refractivity contribution in [2.45, 2.75) is 64.7 Å². The van der Waals surface area contributed by atoms with E-state index in [9.17, 15) is 40.7 Å². The van der Waals surface area contributed by atoms with Gasteiger partial charge in [0.1, 0.15) is 17.5 Å². The van der Waals surface area contributed by atoms with Gasteiger partial charge in [-0.3, -0.25) is 0 Å². The highest BCUT2D eigenvalue weighted by atomic mass is 35.5. The van der Waals surface area contributed by atoms with Crippen LogP contribution < -0.4 is 30.7 Å². The second-order valence-electron chi connectivity index (χ2n) is 20.6. The van der Waals surface area contributed by atoms with Gasteiger partial charge in [0.15, 0.2) is 0 Å². The standard InChI is InChI=1S/2C20H25ClN4O.C18H15ClF6N4O/c1-20(2,3)15-6-8-16(9-7-15)23-19(26)25-13-11-24(12-14-25)18-17(21)5-4-10-22-18;1-2-3-5-16-7-9-17(10-8-16)23-20(26)25-14-12-24(13-15-25)19-18(21)6-4-11-22-19;19-14-2-1-3-26-15(14)28-4-6-29(7-5-28)16(30)27-13-9-11(17(20,21)22)8-12(10-13)18(23,24)25/h4-10H,11-14H2,1-3H3,(H,23,26);4,6-11H,2-3,5,12-15H2,1H3,(H,23,26);1-3,8-10H,4-7H2,(H,27,30). The number of nitrogens with one attached hydrogen (secondary N) is 3. The third-order valence-electron chi connectivity index (χ3n) is 13.7. The van der Waals surface area contributed by atoms with Crippen LogP contribution in [0.1, 0.15) is 62.8 Å². The van der Waals surface area contributed by atoms with E-state index in [4.69, 9.17) is 34.8 Å². The van der Waals surface area contributed by atoms with Gasteiger partial charge in [-0.25, -0.2) is 29.3 Å². The molecule has 3 aromatic carbocycles. The molecule has 3 saturated heterocycles. The number of amides is 6. The van der Waals surface area contributed by atoms with Crippen LogP contribution in [-0.4, -0.2) is 126 Å². The van der Waals surface area contributed by atoms with Crippen molar-refractivity contribution < 1.29 is 40.7 Å². The van der Waals surface area contributed by atoms with Crippen LogP contribution in [0.25, 0.3) is 0 Å². The molecule has 0 aliphatic carbocycles. The summed E-state index contributed by atoms with van der Waals surface area (Å²) in [6.07, 6.45) is -1.48. The number of halogens is 9. The molecule has 3 N–H and O–H groups in total. The summed E-state index contributed by atoms with van der Waals surface area (Å²) in [5, 5.41) is 9.82. The normalized spacial score (nSPS) is 14.9. The number of benzene rings is 3. The largest absolute Gasteiger partial charge is 0.416 e. The summed E-state index contributed by atoms with van der Waals surface area (Å²) >= 11 is 18.5. The number of alkyl halides is 6. The van der Waals surface area contributed by atoms with E-state index in [0.717, 1.165) is 42.5 Å². The molecule has 0 spiro atoms. The highest BCUT2D eigenvalue weighted by Gasteiger charge is 2.37. The van der Waals surface area contributed by atoms with Gasteiger partial charge in [-0.15, -0.1) is 0 Å². The smallest absolute Gasteiger partial charge is 0.352 e. The van der Waals surface area contributed by atoms with Crippen LogP contribution in [0.2, 0.25) is 15.1 Å². The zero-order valence-corrected chi connectivity index (χ0v) is 48.1. The topological polar surface area (TPSA) is 145 Å². The molecule has 15 nitrogen and oxygen atoms in total. The number of nitrogens with zero attached hydrogens (tertiary/aromatic N) is 9. The van der Waals surface area contributed by atoms with Crippen molar-refractivity contribution in [3.63, 3.8) is 0 Å². The summed E-state index contributed by atoms with van der Waals surface area (Å²) in [5.41, 5.74) is 0.735. The van der Waals surface area contributed by atoms with Crippen molar-refractivity contribution in [2.24, 2.45) is 0 Å². The molecule has 3 aromatic heterocycles. The van der Waals surface area contributed by atoms with E-state index in [1.807, 2.05) is 63.2 Å². The van der Waals surface area contributed by atoms with Gasteiger partial charge in [0, 0.05) is 114 Å². The number of aryl methyl sites for hydroxylation is 1. The monoisotopic (exact) mass is 1200 g/mol.